The van der Waals surface area contributed by atoms with Crippen molar-refractivity contribution in [2.75, 3.05) is 13.2 Å². The second-order valence-electron chi connectivity index (χ2n) is 9.42. The van der Waals surface area contributed by atoms with E-state index in [0.29, 0.717) is 6.61 Å². The highest BCUT2D eigenvalue weighted by Crippen LogP contribution is 2.39. The average Bonchev–Trinajstić information content (AvgIpc) is 2.89. The summed E-state index contributed by atoms with van der Waals surface area (Å²) in [5.74, 6) is 3.32. The summed E-state index contributed by atoms with van der Waals surface area (Å²) in [5.41, 5.74) is 0. The van der Waals surface area contributed by atoms with Crippen LogP contribution in [0.5, 0.6) is 23.0 Å². The number of hydrogen-bond acceptors (Lipinski definition) is 3. The molecule has 0 aromatic heterocycles. The summed E-state index contributed by atoms with van der Waals surface area (Å²) in [7, 11) is 0. The Morgan fingerprint density at radius 3 is 1.86 bits per heavy atom. The molecule has 3 aromatic carbocycles. The predicted molar refractivity (Wildman–Crippen MR) is 148 cm³/mol. The lowest BCUT2D eigenvalue weighted by molar-refractivity contribution is 0.294. The molecular formula is C32H44O3. The van der Waals surface area contributed by atoms with Crippen LogP contribution in [0.25, 0.3) is 10.8 Å². The fraction of sp³-hybridized carbons (Fsp3) is 0.500. The van der Waals surface area contributed by atoms with Crippen molar-refractivity contribution < 1.29 is 14.2 Å². The molecule has 190 valence electrons. The van der Waals surface area contributed by atoms with Gasteiger partial charge in [-0.15, -0.1) is 0 Å². The van der Waals surface area contributed by atoms with E-state index in [9.17, 15) is 0 Å². The van der Waals surface area contributed by atoms with Crippen molar-refractivity contribution in [3.8, 4) is 23.0 Å². The lowest BCUT2D eigenvalue weighted by Crippen LogP contribution is -2.01. The summed E-state index contributed by atoms with van der Waals surface area (Å²) < 4.78 is 18.6. The fourth-order valence-corrected chi connectivity index (χ4v) is 4.32. The maximum absolute atomic E-state index is 6.35. The van der Waals surface area contributed by atoms with Gasteiger partial charge in [-0.1, -0.05) is 102 Å². The standard InChI is InChI=1S/C32H44O3/c1-3-5-7-9-11-16-24-33-29-21-22-30-27(26-29)20-23-31(35-28-18-14-13-15-19-28)32(30)34-25-17-12-10-8-6-4-2/h13-15,18-23,26H,3-12,16-17,24-25H2,1-2H3. The van der Waals surface area contributed by atoms with Crippen molar-refractivity contribution >= 4 is 10.8 Å². The van der Waals surface area contributed by atoms with Crippen LogP contribution in [0, 0.1) is 0 Å². The van der Waals surface area contributed by atoms with Gasteiger partial charge in [0.2, 0.25) is 0 Å². The molecule has 0 fully saturated rings. The van der Waals surface area contributed by atoms with Crippen molar-refractivity contribution in [1.29, 1.82) is 0 Å². The molecule has 0 bridgehead atoms. The maximum atomic E-state index is 6.35. The number of rotatable bonds is 18. The zero-order valence-electron chi connectivity index (χ0n) is 21.9. The molecule has 0 heterocycles. The summed E-state index contributed by atoms with van der Waals surface area (Å²) in [6.07, 6.45) is 15.1. The van der Waals surface area contributed by atoms with E-state index in [1.807, 2.05) is 36.4 Å². The minimum atomic E-state index is 0.701. The summed E-state index contributed by atoms with van der Waals surface area (Å²) in [6.45, 7) is 5.98. The number of ether oxygens (including phenoxy) is 3. The van der Waals surface area contributed by atoms with Crippen LogP contribution in [0.1, 0.15) is 90.9 Å². The molecule has 0 N–H and O–H groups in total. The molecule has 0 aliphatic carbocycles. The van der Waals surface area contributed by atoms with E-state index in [4.69, 9.17) is 14.2 Å². The Hall–Kier alpha value is -2.68. The Morgan fingerprint density at radius 1 is 0.543 bits per heavy atom. The molecular weight excluding hydrogens is 432 g/mol. The molecule has 0 saturated heterocycles. The van der Waals surface area contributed by atoms with Gasteiger partial charge in [-0.3, -0.25) is 0 Å². The van der Waals surface area contributed by atoms with E-state index in [2.05, 4.69) is 38.1 Å². The lowest BCUT2D eigenvalue weighted by Gasteiger charge is -2.16. The first-order chi connectivity index (χ1) is 17.3. The van der Waals surface area contributed by atoms with Gasteiger partial charge in [0.15, 0.2) is 11.5 Å². The Morgan fingerprint density at radius 2 is 1.17 bits per heavy atom. The van der Waals surface area contributed by atoms with E-state index >= 15 is 0 Å². The van der Waals surface area contributed by atoms with Crippen molar-refractivity contribution in [3.05, 3.63) is 60.7 Å². The normalized spacial score (nSPS) is 11.0. The molecule has 35 heavy (non-hydrogen) atoms. The molecule has 3 rings (SSSR count). The van der Waals surface area contributed by atoms with Crippen LogP contribution >= 0.6 is 0 Å². The molecule has 0 unspecified atom stereocenters. The molecule has 0 aliphatic heterocycles. The molecule has 0 amide bonds. The molecule has 0 atom stereocenters. The van der Waals surface area contributed by atoms with Crippen molar-refractivity contribution in [1.82, 2.24) is 0 Å². The summed E-state index contributed by atoms with van der Waals surface area (Å²) in [6, 6.07) is 20.3. The van der Waals surface area contributed by atoms with Crippen molar-refractivity contribution in [3.63, 3.8) is 0 Å². The van der Waals surface area contributed by atoms with Crippen LogP contribution < -0.4 is 14.2 Å². The topological polar surface area (TPSA) is 27.7 Å². The van der Waals surface area contributed by atoms with Crippen LogP contribution in [-0.4, -0.2) is 13.2 Å². The Labute approximate surface area is 212 Å². The highest BCUT2D eigenvalue weighted by atomic mass is 16.5. The van der Waals surface area contributed by atoms with Gasteiger partial charge in [0, 0.05) is 5.39 Å². The average molecular weight is 477 g/mol. The minimum Gasteiger partial charge on any atom is -0.494 e. The summed E-state index contributed by atoms with van der Waals surface area (Å²) in [5, 5.41) is 2.18. The van der Waals surface area contributed by atoms with Gasteiger partial charge in [-0.2, -0.15) is 0 Å². The number of benzene rings is 3. The Kier molecular flexibility index (Phi) is 12.4. The third kappa shape index (κ3) is 9.47. The van der Waals surface area contributed by atoms with Gasteiger partial charge >= 0.3 is 0 Å². The second-order valence-corrected chi connectivity index (χ2v) is 9.42. The first-order valence-corrected chi connectivity index (χ1v) is 13.9. The molecule has 0 spiro atoms. The van der Waals surface area contributed by atoms with Crippen LogP contribution in [0.4, 0.5) is 0 Å². The van der Waals surface area contributed by atoms with E-state index in [1.54, 1.807) is 0 Å². The number of hydrogen-bond donors (Lipinski definition) is 0. The van der Waals surface area contributed by atoms with Crippen LogP contribution in [0.2, 0.25) is 0 Å². The first kappa shape index (κ1) is 26.9. The van der Waals surface area contributed by atoms with E-state index in [0.717, 1.165) is 53.2 Å². The van der Waals surface area contributed by atoms with Crippen LogP contribution in [0.3, 0.4) is 0 Å². The molecule has 3 aromatic rings. The van der Waals surface area contributed by atoms with Gasteiger partial charge in [-0.25, -0.2) is 0 Å². The van der Waals surface area contributed by atoms with E-state index in [-0.39, 0.29) is 0 Å². The van der Waals surface area contributed by atoms with Crippen LogP contribution in [0.15, 0.2) is 60.7 Å². The largest absolute Gasteiger partial charge is 0.494 e. The highest BCUT2D eigenvalue weighted by molar-refractivity contribution is 5.92. The minimum absolute atomic E-state index is 0.701. The highest BCUT2D eigenvalue weighted by Gasteiger charge is 2.13. The maximum Gasteiger partial charge on any atom is 0.169 e. The molecule has 0 radical (unpaired) electrons. The van der Waals surface area contributed by atoms with Gasteiger partial charge in [0.05, 0.1) is 13.2 Å². The summed E-state index contributed by atoms with van der Waals surface area (Å²) in [4.78, 5) is 0. The third-order valence-corrected chi connectivity index (χ3v) is 6.39. The summed E-state index contributed by atoms with van der Waals surface area (Å²) >= 11 is 0. The predicted octanol–water partition coefficient (Wildman–Crippen LogP) is 10.1. The second kappa shape index (κ2) is 16.1. The number of fused-ring (bicyclic) bond motifs is 1. The monoisotopic (exact) mass is 476 g/mol. The van der Waals surface area contributed by atoms with E-state index in [1.165, 1.54) is 64.2 Å². The Balaban J connectivity index is 1.65. The first-order valence-electron chi connectivity index (χ1n) is 13.9. The molecule has 3 nitrogen and oxygen atoms in total. The smallest absolute Gasteiger partial charge is 0.169 e. The number of unbranched alkanes of at least 4 members (excludes halogenated alkanes) is 10. The Bertz CT molecular complexity index is 967. The fourth-order valence-electron chi connectivity index (χ4n) is 4.32. The molecule has 3 heteroatoms. The quantitative estimate of drug-likeness (QED) is 0.171. The van der Waals surface area contributed by atoms with Crippen molar-refractivity contribution in [2.45, 2.75) is 90.9 Å². The lowest BCUT2D eigenvalue weighted by atomic mass is 10.1. The molecule has 0 aliphatic rings. The van der Waals surface area contributed by atoms with Gasteiger partial charge in [0.25, 0.3) is 0 Å². The molecule has 0 saturated carbocycles. The van der Waals surface area contributed by atoms with Crippen LogP contribution in [-0.2, 0) is 0 Å². The third-order valence-electron chi connectivity index (χ3n) is 6.39. The SMILES string of the molecule is CCCCCCCCOc1ccc2c(OCCCCCCCC)c(Oc3ccccc3)ccc2c1. The van der Waals surface area contributed by atoms with Crippen molar-refractivity contribution in [2.24, 2.45) is 0 Å². The number of para-hydroxylation sites is 1. The zero-order chi connectivity index (χ0) is 24.6. The van der Waals surface area contributed by atoms with Gasteiger partial charge in [0.1, 0.15) is 11.5 Å². The van der Waals surface area contributed by atoms with E-state index < -0.39 is 0 Å². The van der Waals surface area contributed by atoms with Gasteiger partial charge < -0.3 is 14.2 Å². The zero-order valence-corrected chi connectivity index (χ0v) is 21.9. The van der Waals surface area contributed by atoms with Gasteiger partial charge in [-0.05, 0) is 54.6 Å².